The van der Waals surface area contributed by atoms with Crippen molar-refractivity contribution in [2.75, 3.05) is 0 Å². The Balaban J connectivity index is 2.66. The van der Waals surface area contributed by atoms with E-state index >= 15 is 0 Å². The van der Waals surface area contributed by atoms with Crippen molar-refractivity contribution in [1.82, 2.24) is 9.78 Å². The Morgan fingerprint density at radius 3 is 2.44 bits per heavy atom. The van der Waals surface area contributed by atoms with Crippen molar-refractivity contribution < 1.29 is 9.90 Å². The van der Waals surface area contributed by atoms with Crippen LogP contribution in [0.25, 0.3) is 5.69 Å². The van der Waals surface area contributed by atoms with Crippen molar-refractivity contribution in [3.8, 4) is 5.69 Å². The summed E-state index contributed by atoms with van der Waals surface area (Å²) < 4.78 is 1.57. The molecule has 0 unspecified atom stereocenters. The predicted molar refractivity (Wildman–Crippen MR) is 69.7 cm³/mol. The summed E-state index contributed by atoms with van der Waals surface area (Å²) in [5, 5.41) is 13.6. The molecule has 0 radical (unpaired) electrons. The standard InChI is InChI=1S/C13H13ClN2O2/c1-7-4-8(2)12(10(14)5-7)16-9(3)6-11(15-16)13(17)18/h4-6H,1-3H3,(H,17,18). The molecule has 0 bridgehead atoms. The fraction of sp³-hybridized carbons (Fsp3) is 0.231. The lowest BCUT2D eigenvalue weighted by atomic mass is 10.1. The van der Waals surface area contributed by atoms with Crippen LogP contribution in [0.1, 0.15) is 27.3 Å². The zero-order chi connectivity index (χ0) is 13.4. The van der Waals surface area contributed by atoms with Crippen molar-refractivity contribution in [3.63, 3.8) is 0 Å². The molecule has 2 aromatic rings. The molecule has 0 atom stereocenters. The van der Waals surface area contributed by atoms with Gasteiger partial charge in [-0.25, -0.2) is 9.48 Å². The molecular weight excluding hydrogens is 252 g/mol. The summed E-state index contributed by atoms with van der Waals surface area (Å²) in [6.07, 6.45) is 0. The van der Waals surface area contributed by atoms with Crippen molar-refractivity contribution in [2.45, 2.75) is 20.8 Å². The first-order valence-corrected chi connectivity index (χ1v) is 5.85. The maximum atomic E-state index is 10.9. The second-order valence-corrected chi connectivity index (χ2v) is 4.71. The molecule has 1 aromatic heterocycles. The number of aryl methyl sites for hydroxylation is 3. The van der Waals surface area contributed by atoms with E-state index in [1.54, 1.807) is 11.6 Å². The van der Waals surface area contributed by atoms with Gasteiger partial charge in [-0.2, -0.15) is 5.10 Å². The number of rotatable bonds is 2. The highest BCUT2D eigenvalue weighted by Gasteiger charge is 2.15. The van der Waals surface area contributed by atoms with Gasteiger partial charge >= 0.3 is 5.97 Å². The highest BCUT2D eigenvalue weighted by Crippen LogP contribution is 2.26. The third-order valence-corrected chi connectivity index (χ3v) is 3.00. The van der Waals surface area contributed by atoms with E-state index in [0.717, 1.165) is 22.5 Å². The van der Waals surface area contributed by atoms with Crippen molar-refractivity contribution in [1.29, 1.82) is 0 Å². The summed E-state index contributed by atoms with van der Waals surface area (Å²) in [7, 11) is 0. The van der Waals surface area contributed by atoms with Crippen LogP contribution in [-0.4, -0.2) is 20.9 Å². The molecule has 0 fully saturated rings. The van der Waals surface area contributed by atoms with E-state index in [9.17, 15) is 4.79 Å². The Kier molecular flexibility index (Phi) is 3.13. The van der Waals surface area contributed by atoms with Crippen LogP contribution in [0.5, 0.6) is 0 Å². The summed E-state index contributed by atoms with van der Waals surface area (Å²) >= 11 is 6.22. The molecule has 2 rings (SSSR count). The molecule has 0 saturated heterocycles. The second-order valence-electron chi connectivity index (χ2n) is 4.30. The van der Waals surface area contributed by atoms with Crippen LogP contribution in [0, 0.1) is 20.8 Å². The van der Waals surface area contributed by atoms with Gasteiger partial charge in [0.25, 0.3) is 0 Å². The molecule has 0 aliphatic heterocycles. The van der Waals surface area contributed by atoms with Gasteiger partial charge in [-0.05, 0) is 44.0 Å². The number of carboxylic acid groups (broad SMARTS) is 1. The normalized spacial score (nSPS) is 10.7. The topological polar surface area (TPSA) is 55.1 Å². The van der Waals surface area contributed by atoms with Crippen molar-refractivity contribution in [2.24, 2.45) is 0 Å². The summed E-state index contributed by atoms with van der Waals surface area (Å²) in [4.78, 5) is 10.9. The van der Waals surface area contributed by atoms with E-state index in [-0.39, 0.29) is 5.69 Å². The number of carbonyl (C=O) groups is 1. The van der Waals surface area contributed by atoms with Crippen LogP contribution in [-0.2, 0) is 0 Å². The molecule has 1 aromatic carbocycles. The Hall–Kier alpha value is -1.81. The fourth-order valence-corrected chi connectivity index (χ4v) is 2.38. The summed E-state index contributed by atoms with van der Waals surface area (Å²) in [5.74, 6) is -1.04. The first-order chi connectivity index (χ1) is 8.40. The fourth-order valence-electron chi connectivity index (χ4n) is 1.98. The molecule has 0 aliphatic rings. The molecule has 0 saturated carbocycles. The first kappa shape index (κ1) is 12.6. The lowest BCUT2D eigenvalue weighted by Gasteiger charge is -2.11. The maximum absolute atomic E-state index is 10.9. The Morgan fingerprint density at radius 1 is 1.28 bits per heavy atom. The molecule has 0 amide bonds. The van der Waals surface area contributed by atoms with Gasteiger partial charge in [0.15, 0.2) is 5.69 Å². The molecule has 0 aliphatic carbocycles. The number of aromatic nitrogens is 2. The second kappa shape index (κ2) is 4.46. The zero-order valence-electron chi connectivity index (χ0n) is 10.4. The third-order valence-electron chi connectivity index (χ3n) is 2.72. The van der Waals surface area contributed by atoms with Gasteiger partial charge in [0.2, 0.25) is 0 Å². The van der Waals surface area contributed by atoms with Crippen LogP contribution in [0.15, 0.2) is 18.2 Å². The molecule has 0 spiro atoms. The van der Waals surface area contributed by atoms with Crippen LogP contribution < -0.4 is 0 Å². The van der Waals surface area contributed by atoms with Gasteiger partial charge in [-0.3, -0.25) is 0 Å². The van der Waals surface area contributed by atoms with E-state index in [4.69, 9.17) is 16.7 Å². The summed E-state index contributed by atoms with van der Waals surface area (Å²) in [5.41, 5.74) is 3.50. The number of halogens is 1. The number of hydrogen-bond donors (Lipinski definition) is 1. The van der Waals surface area contributed by atoms with E-state index in [2.05, 4.69) is 5.10 Å². The van der Waals surface area contributed by atoms with Crippen LogP contribution in [0.4, 0.5) is 0 Å². The van der Waals surface area contributed by atoms with E-state index in [1.807, 2.05) is 26.0 Å². The highest BCUT2D eigenvalue weighted by molar-refractivity contribution is 6.32. The summed E-state index contributed by atoms with van der Waals surface area (Å²) in [6.45, 7) is 5.69. The monoisotopic (exact) mass is 264 g/mol. The number of aromatic carboxylic acids is 1. The molecule has 18 heavy (non-hydrogen) atoms. The largest absolute Gasteiger partial charge is 0.476 e. The number of carboxylic acids is 1. The van der Waals surface area contributed by atoms with Gasteiger partial charge in [0.1, 0.15) is 0 Å². The van der Waals surface area contributed by atoms with Gasteiger partial charge < -0.3 is 5.11 Å². The van der Waals surface area contributed by atoms with Gasteiger partial charge in [-0.15, -0.1) is 0 Å². The van der Waals surface area contributed by atoms with E-state index in [1.165, 1.54) is 6.07 Å². The quantitative estimate of drug-likeness (QED) is 0.907. The zero-order valence-corrected chi connectivity index (χ0v) is 11.1. The maximum Gasteiger partial charge on any atom is 0.356 e. The Bertz CT molecular complexity index is 609. The van der Waals surface area contributed by atoms with Gasteiger partial charge in [-0.1, -0.05) is 17.7 Å². The number of nitrogens with zero attached hydrogens (tertiary/aromatic N) is 2. The molecular formula is C13H13ClN2O2. The smallest absolute Gasteiger partial charge is 0.356 e. The molecule has 1 N–H and O–H groups in total. The molecule has 1 heterocycles. The lowest BCUT2D eigenvalue weighted by Crippen LogP contribution is -2.05. The van der Waals surface area contributed by atoms with Gasteiger partial charge in [0.05, 0.1) is 10.7 Å². The average molecular weight is 265 g/mol. The minimum Gasteiger partial charge on any atom is -0.476 e. The lowest BCUT2D eigenvalue weighted by molar-refractivity contribution is 0.0690. The average Bonchev–Trinajstić information content (AvgIpc) is 2.59. The van der Waals surface area contributed by atoms with Crippen molar-refractivity contribution in [3.05, 3.63) is 45.7 Å². The van der Waals surface area contributed by atoms with Crippen LogP contribution in [0.2, 0.25) is 5.02 Å². The van der Waals surface area contributed by atoms with Crippen LogP contribution in [0.3, 0.4) is 0 Å². The molecule has 4 nitrogen and oxygen atoms in total. The predicted octanol–water partition coefficient (Wildman–Crippen LogP) is 3.15. The Morgan fingerprint density at radius 2 is 1.94 bits per heavy atom. The SMILES string of the molecule is Cc1cc(C)c(-n2nc(C(=O)O)cc2C)c(Cl)c1. The minimum absolute atomic E-state index is 0.0172. The third kappa shape index (κ3) is 2.11. The number of benzene rings is 1. The van der Waals surface area contributed by atoms with Crippen LogP contribution >= 0.6 is 11.6 Å². The number of hydrogen-bond acceptors (Lipinski definition) is 2. The van der Waals surface area contributed by atoms with Gasteiger partial charge in [0, 0.05) is 5.69 Å². The first-order valence-electron chi connectivity index (χ1n) is 5.47. The molecule has 5 heteroatoms. The van der Waals surface area contributed by atoms with Crippen molar-refractivity contribution >= 4 is 17.6 Å². The van der Waals surface area contributed by atoms with E-state index < -0.39 is 5.97 Å². The van der Waals surface area contributed by atoms with E-state index in [0.29, 0.717) is 5.02 Å². The highest BCUT2D eigenvalue weighted by atomic mass is 35.5. The Labute approximate surface area is 110 Å². The summed E-state index contributed by atoms with van der Waals surface area (Å²) in [6, 6.07) is 5.35. The minimum atomic E-state index is -1.04. The molecule has 94 valence electrons.